The molecular formula is C11H20O10. The maximum absolute atomic E-state index is 9.82. The maximum atomic E-state index is 9.82. The maximum Gasteiger partial charge on any atom is 0.223 e. The first-order valence-electron chi connectivity index (χ1n) is 6.45. The molecule has 2 saturated heterocycles. The average molecular weight is 312 g/mol. The second kappa shape index (κ2) is 6.38. The van der Waals surface area contributed by atoms with Crippen LogP contribution in [0.5, 0.6) is 0 Å². The molecule has 0 unspecified atom stereocenters. The number of ether oxygens (including phenoxy) is 3. The molecule has 0 aromatic heterocycles. The van der Waals surface area contributed by atoms with Crippen molar-refractivity contribution in [2.24, 2.45) is 0 Å². The van der Waals surface area contributed by atoms with Crippen LogP contribution in [0.25, 0.3) is 0 Å². The number of hydrogen-bond donors (Lipinski definition) is 7. The monoisotopic (exact) mass is 312 g/mol. The predicted octanol–water partition coefficient (Wildman–Crippen LogP) is -4.76. The average Bonchev–Trinajstić information content (AvgIpc) is 2.77. The minimum atomic E-state index is -2.03. The fourth-order valence-corrected chi connectivity index (χ4v) is 2.34. The third-order valence-electron chi connectivity index (χ3n) is 3.70. The van der Waals surface area contributed by atoms with Gasteiger partial charge in [-0.2, -0.15) is 0 Å². The molecule has 10 nitrogen and oxygen atoms in total. The minimum absolute atomic E-state index is 0.306. The summed E-state index contributed by atoms with van der Waals surface area (Å²) in [6, 6.07) is 0. The van der Waals surface area contributed by atoms with Crippen LogP contribution in [0.2, 0.25) is 0 Å². The van der Waals surface area contributed by atoms with Gasteiger partial charge in [0.05, 0.1) is 13.2 Å². The van der Waals surface area contributed by atoms with Gasteiger partial charge in [0.15, 0.2) is 6.29 Å². The van der Waals surface area contributed by atoms with E-state index in [1.54, 1.807) is 0 Å². The smallest absolute Gasteiger partial charge is 0.223 e. The quantitative estimate of drug-likeness (QED) is 0.267. The van der Waals surface area contributed by atoms with Crippen LogP contribution in [0.3, 0.4) is 0 Å². The molecule has 124 valence electrons. The van der Waals surface area contributed by atoms with Crippen LogP contribution in [-0.2, 0) is 14.2 Å². The van der Waals surface area contributed by atoms with Crippen LogP contribution in [0.15, 0.2) is 0 Å². The van der Waals surface area contributed by atoms with E-state index in [0.29, 0.717) is 0 Å². The lowest BCUT2D eigenvalue weighted by atomic mass is 9.99. The highest BCUT2D eigenvalue weighted by atomic mass is 16.8. The molecule has 0 bridgehead atoms. The zero-order chi connectivity index (χ0) is 15.8. The predicted molar refractivity (Wildman–Crippen MR) is 62.6 cm³/mol. The molecule has 2 aliphatic heterocycles. The Labute approximate surface area is 119 Å². The number of hydrogen-bond acceptors (Lipinski definition) is 10. The second-order valence-electron chi connectivity index (χ2n) is 5.11. The van der Waals surface area contributed by atoms with Crippen LogP contribution in [-0.4, -0.2) is 104 Å². The molecular weight excluding hydrogens is 292 g/mol. The van der Waals surface area contributed by atoms with E-state index in [0.717, 1.165) is 0 Å². The SMILES string of the molecule is OC[C@H]1O[C@H](O[C@]2(CO)OC[C@@H](O)[C@@H]2O)[C@H](O)[C@@H](O)[C@@H]1O. The van der Waals surface area contributed by atoms with Gasteiger partial charge in [-0.1, -0.05) is 0 Å². The van der Waals surface area contributed by atoms with Crippen LogP contribution >= 0.6 is 0 Å². The fourth-order valence-electron chi connectivity index (χ4n) is 2.34. The molecule has 8 atom stereocenters. The van der Waals surface area contributed by atoms with Crippen molar-refractivity contribution in [3.05, 3.63) is 0 Å². The molecule has 0 radical (unpaired) electrons. The molecule has 2 heterocycles. The Kier molecular flexibility index (Phi) is 5.15. The Morgan fingerprint density at radius 1 is 1.00 bits per heavy atom. The van der Waals surface area contributed by atoms with E-state index in [2.05, 4.69) is 0 Å². The van der Waals surface area contributed by atoms with Crippen LogP contribution in [0.1, 0.15) is 0 Å². The summed E-state index contributed by atoms with van der Waals surface area (Å²) < 4.78 is 15.3. The summed E-state index contributed by atoms with van der Waals surface area (Å²) in [4.78, 5) is 0. The van der Waals surface area contributed by atoms with Crippen molar-refractivity contribution in [2.75, 3.05) is 19.8 Å². The Balaban J connectivity index is 2.13. The van der Waals surface area contributed by atoms with Crippen LogP contribution < -0.4 is 0 Å². The lowest BCUT2D eigenvalue weighted by Crippen LogP contribution is -2.62. The lowest BCUT2D eigenvalue weighted by Gasteiger charge is -2.43. The van der Waals surface area contributed by atoms with Gasteiger partial charge in [-0.15, -0.1) is 0 Å². The molecule has 0 saturated carbocycles. The van der Waals surface area contributed by atoms with E-state index in [1.165, 1.54) is 0 Å². The van der Waals surface area contributed by atoms with E-state index in [1.807, 2.05) is 0 Å². The first-order chi connectivity index (χ1) is 9.86. The minimum Gasteiger partial charge on any atom is -0.394 e. The van der Waals surface area contributed by atoms with Crippen molar-refractivity contribution in [3.8, 4) is 0 Å². The van der Waals surface area contributed by atoms with Gasteiger partial charge in [0, 0.05) is 0 Å². The molecule has 0 amide bonds. The largest absolute Gasteiger partial charge is 0.394 e. The fraction of sp³-hybridized carbons (Fsp3) is 1.00. The highest BCUT2D eigenvalue weighted by Crippen LogP contribution is 2.32. The molecule has 21 heavy (non-hydrogen) atoms. The van der Waals surface area contributed by atoms with E-state index in [4.69, 9.17) is 19.3 Å². The molecule has 0 aromatic carbocycles. The van der Waals surface area contributed by atoms with Gasteiger partial charge in [0.25, 0.3) is 0 Å². The van der Waals surface area contributed by atoms with Gasteiger partial charge in [-0.25, -0.2) is 0 Å². The van der Waals surface area contributed by atoms with Crippen molar-refractivity contribution in [1.29, 1.82) is 0 Å². The molecule has 2 aliphatic rings. The van der Waals surface area contributed by atoms with Gasteiger partial charge in [-0.3, -0.25) is 0 Å². The topological polar surface area (TPSA) is 169 Å². The van der Waals surface area contributed by atoms with Crippen molar-refractivity contribution < 1.29 is 50.0 Å². The zero-order valence-electron chi connectivity index (χ0n) is 11.0. The Morgan fingerprint density at radius 2 is 1.67 bits per heavy atom. The van der Waals surface area contributed by atoms with E-state index in [9.17, 15) is 30.6 Å². The Morgan fingerprint density at radius 3 is 2.14 bits per heavy atom. The molecule has 0 spiro atoms. The Bertz CT molecular complexity index is 352. The van der Waals surface area contributed by atoms with Crippen molar-refractivity contribution >= 4 is 0 Å². The number of aliphatic hydroxyl groups excluding tert-OH is 7. The van der Waals surface area contributed by atoms with Crippen LogP contribution in [0, 0.1) is 0 Å². The Hall–Kier alpha value is -0.400. The van der Waals surface area contributed by atoms with Crippen molar-refractivity contribution in [3.63, 3.8) is 0 Å². The van der Waals surface area contributed by atoms with Gasteiger partial charge < -0.3 is 50.0 Å². The standard InChI is InChI=1S/C11H20O10/c12-1-5-6(15)7(16)8(17)10(20-5)21-11(3-13)9(18)4(14)2-19-11/h4-10,12-18H,1-3H2/t4-,5-,6-,7+,8-,9+,10-,11+/m1/s1. The third kappa shape index (κ3) is 2.92. The van der Waals surface area contributed by atoms with E-state index >= 15 is 0 Å². The molecule has 0 aromatic rings. The van der Waals surface area contributed by atoms with E-state index in [-0.39, 0.29) is 6.61 Å². The molecule has 10 heteroatoms. The summed E-state index contributed by atoms with van der Waals surface area (Å²) in [6.45, 7) is -1.80. The zero-order valence-corrected chi connectivity index (χ0v) is 11.0. The molecule has 2 fully saturated rings. The number of rotatable bonds is 4. The highest BCUT2D eigenvalue weighted by molar-refractivity contribution is 4.94. The molecule has 7 N–H and O–H groups in total. The summed E-state index contributed by atoms with van der Waals surface area (Å²) in [5, 5.41) is 66.7. The normalized spacial score (nSPS) is 51.3. The summed E-state index contributed by atoms with van der Waals surface area (Å²) in [5.74, 6) is -2.03. The summed E-state index contributed by atoms with van der Waals surface area (Å²) in [7, 11) is 0. The first-order valence-corrected chi connectivity index (χ1v) is 6.45. The third-order valence-corrected chi connectivity index (χ3v) is 3.70. The van der Waals surface area contributed by atoms with Crippen LogP contribution in [0.4, 0.5) is 0 Å². The second-order valence-corrected chi connectivity index (χ2v) is 5.11. The summed E-state index contributed by atoms with van der Waals surface area (Å²) in [6.07, 6.45) is -10.6. The summed E-state index contributed by atoms with van der Waals surface area (Å²) >= 11 is 0. The highest BCUT2D eigenvalue weighted by Gasteiger charge is 2.54. The van der Waals surface area contributed by atoms with Crippen molar-refractivity contribution in [2.45, 2.75) is 48.7 Å². The lowest BCUT2D eigenvalue weighted by molar-refractivity contribution is -0.379. The van der Waals surface area contributed by atoms with Crippen molar-refractivity contribution in [1.82, 2.24) is 0 Å². The number of aliphatic hydroxyl groups is 7. The first kappa shape index (κ1) is 17.0. The van der Waals surface area contributed by atoms with E-state index < -0.39 is 61.9 Å². The van der Waals surface area contributed by atoms with Gasteiger partial charge in [-0.05, 0) is 0 Å². The molecule has 0 aliphatic carbocycles. The summed E-state index contributed by atoms with van der Waals surface area (Å²) in [5.41, 5.74) is 0. The van der Waals surface area contributed by atoms with Gasteiger partial charge in [0.2, 0.25) is 5.79 Å². The molecule has 2 rings (SSSR count). The van der Waals surface area contributed by atoms with Gasteiger partial charge >= 0.3 is 0 Å². The van der Waals surface area contributed by atoms with Gasteiger partial charge in [0.1, 0.15) is 43.2 Å².